The molecule has 0 fully saturated rings. The fraction of sp³-hybridized carbons (Fsp3) is 0.226. The number of para-hydroxylation sites is 2. The summed E-state index contributed by atoms with van der Waals surface area (Å²) in [4.78, 5) is 9.58. The quantitative estimate of drug-likeness (QED) is 0.112. The third-order valence-electron chi connectivity index (χ3n) is 12.8. The molecule has 345 valence electrons. The van der Waals surface area contributed by atoms with Crippen LogP contribution in [0.1, 0.15) is 86.7 Å². The molecule has 0 aliphatic carbocycles. The minimum atomic E-state index is -2.11. The summed E-state index contributed by atoms with van der Waals surface area (Å²) in [6, 6.07) is 59.8. The molecule has 0 aliphatic rings. The molecule has 0 unspecified atom stereocenters. The van der Waals surface area contributed by atoms with E-state index in [0.29, 0.717) is 0 Å². The number of hydrogen-bond donors (Lipinski definition) is 0. The summed E-state index contributed by atoms with van der Waals surface area (Å²) in [5.74, 6) is 1.40. The van der Waals surface area contributed by atoms with E-state index in [0.717, 1.165) is 61.2 Å². The fourth-order valence-electron chi connectivity index (χ4n) is 8.92. The third-order valence-corrected chi connectivity index (χ3v) is 14.8. The first-order valence-electron chi connectivity index (χ1n) is 24.9. The van der Waals surface area contributed by atoms with Crippen LogP contribution >= 0.6 is 0 Å². The second kappa shape index (κ2) is 19.4. The summed E-state index contributed by atoms with van der Waals surface area (Å²) in [6.07, 6.45) is 1.42. The maximum absolute atomic E-state index is 7.35. The van der Waals surface area contributed by atoms with Crippen molar-refractivity contribution in [3.63, 3.8) is 0 Å². The molecule has 0 atom stereocenters. The number of fused-ring (bicyclic) bond motifs is 4. The van der Waals surface area contributed by atoms with Crippen molar-refractivity contribution in [2.45, 2.75) is 92.2 Å². The van der Waals surface area contributed by atoms with Gasteiger partial charge in [0.25, 0.3) is 0 Å². The summed E-state index contributed by atoms with van der Waals surface area (Å²) in [6.45, 7) is 20.8. The Labute approximate surface area is 422 Å². The number of furan rings is 1. The molecule has 0 amide bonds. The molecular weight excluding hydrogens is 1020 g/mol. The molecule has 7 aromatic carbocycles. The summed E-state index contributed by atoms with van der Waals surface area (Å²) in [5, 5.41) is 3.64. The van der Waals surface area contributed by atoms with Crippen LogP contribution in [-0.4, -0.2) is 22.6 Å². The minimum absolute atomic E-state index is 0. The van der Waals surface area contributed by atoms with Crippen LogP contribution < -0.4 is 5.19 Å². The number of hydrogen-bond acceptors (Lipinski definition) is 3. The van der Waals surface area contributed by atoms with Gasteiger partial charge in [0, 0.05) is 41.5 Å². The zero-order valence-electron chi connectivity index (χ0n) is 43.7. The van der Waals surface area contributed by atoms with Crippen LogP contribution in [0.5, 0.6) is 0 Å². The summed E-state index contributed by atoms with van der Waals surface area (Å²) in [7, 11) is -1.40. The molecule has 68 heavy (non-hydrogen) atoms. The largest absolute Gasteiger partial charge is 0.501 e. The number of aromatic nitrogens is 3. The maximum atomic E-state index is 7.35. The van der Waals surface area contributed by atoms with Gasteiger partial charge >= 0.3 is 0 Å². The Kier molecular flexibility index (Phi) is 12.7. The second-order valence-corrected chi connectivity index (χ2v) is 25.4. The minimum Gasteiger partial charge on any atom is -0.501 e. The van der Waals surface area contributed by atoms with Gasteiger partial charge in [-0.15, -0.1) is 53.6 Å². The Balaban J connectivity index is 0.000000271. The molecule has 6 heteroatoms. The Hall–Kier alpha value is -6.17. The van der Waals surface area contributed by atoms with E-state index >= 15 is 0 Å². The van der Waals surface area contributed by atoms with Gasteiger partial charge in [0.2, 0.25) is 0 Å². The molecule has 1 radical (unpaired) electrons. The Morgan fingerprint density at radius 2 is 1.32 bits per heavy atom. The molecule has 0 spiro atoms. The van der Waals surface area contributed by atoms with Gasteiger partial charge in [-0.1, -0.05) is 175 Å². The fourth-order valence-corrected chi connectivity index (χ4v) is 10.1. The number of pyridine rings is 1. The van der Waals surface area contributed by atoms with Gasteiger partial charge < -0.3 is 14.0 Å². The number of benzene rings is 7. The third kappa shape index (κ3) is 9.74. The van der Waals surface area contributed by atoms with Gasteiger partial charge in [-0.2, -0.15) is 0 Å². The van der Waals surface area contributed by atoms with E-state index in [9.17, 15) is 0 Å². The molecule has 0 N–H and O–H groups in total. The van der Waals surface area contributed by atoms with E-state index in [1.165, 1.54) is 50.5 Å². The SMILES string of the molecule is CC(C)c1cc(-c2ccc([Si](C)(C)C)cc2)cc(C(C)C)c1-n1c(-c2[c-]ccc3c2oc2cc(-c4ccccc4)ccc23)nc2ccccc21.[2H]C([2H])([2H])c1ccc(-c2[c-]ccc(C(C)(C)C)c2)nc1.[Ir]. The first kappa shape index (κ1) is 44.3. The maximum Gasteiger partial charge on any atom is 0.121 e. The zero-order chi connectivity index (χ0) is 49.7. The predicted molar refractivity (Wildman–Crippen MR) is 287 cm³/mol. The van der Waals surface area contributed by atoms with Crippen LogP contribution in [0.25, 0.3) is 83.6 Å². The van der Waals surface area contributed by atoms with Crippen LogP contribution in [0.3, 0.4) is 0 Å². The standard InChI is InChI=1S/C46H43N2OSi.C16H18N.Ir/c1-29(2)39-26-34(32-20-23-35(24-21-32)50(5,6)7)27-40(30(3)4)44(39)48-42-19-12-11-18-41(42)47-46(48)38-17-13-16-37-36-25-22-33(28-43(36)49-45(37)38)31-14-9-8-10-15-31;1-12-8-9-15(17-11-12)13-6-5-7-14(10-13)16(2,3)4;/h8-16,18-30H,1-7H3;5,7-11H,1-4H3;/q2*-1;/i;1D3;. The van der Waals surface area contributed by atoms with E-state index in [2.05, 4.69) is 205 Å². The number of imidazole rings is 1. The van der Waals surface area contributed by atoms with Gasteiger partial charge in [0.1, 0.15) is 5.58 Å². The monoisotopic (exact) mass is 1090 g/mol. The van der Waals surface area contributed by atoms with Crippen LogP contribution in [0, 0.1) is 19.0 Å². The van der Waals surface area contributed by atoms with Crippen LogP contribution in [0.2, 0.25) is 19.6 Å². The van der Waals surface area contributed by atoms with Crippen molar-refractivity contribution in [2.24, 2.45) is 0 Å². The van der Waals surface area contributed by atoms with Crippen LogP contribution in [0.4, 0.5) is 0 Å². The van der Waals surface area contributed by atoms with E-state index in [1.807, 2.05) is 24.3 Å². The van der Waals surface area contributed by atoms with Crippen molar-refractivity contribution >= 4 is 46.2 Å². The average Bonchev–Trinajstić information content (AvgIpc) is 3.92. The van der Waals surface area contributed by atoms with Gasteiger partial charge in [-0.25, -0.2) is 0 Å². The Morgan fingerprint density at radius 1 is 0.662 bits per heavy atom. The molecule has 0 bridgehead atoms. The average molecular weight is 1090 g/mol. The Morgan fingerprint density at radius 3 is 1.97 bits per heavy atom. The molecule has 10 aromatic rings. The number of aryl methyl sites for hydroxylation is 1. The van der Waals surface area contributed by atoms with Gasteiger partial charge in [0.05, 0.1) is 30.5 Å². The van der Waals surface area contributed by atoms with Crippen LogP contribution in [-0.2, 0) is 25.5 Å². The van der Waals surface area contributed by atoms with E-state index in [1.54, 1.807) is 12.1 Å². The van der Waals surface area contributed by atoms with Crippen molar-refractivity contribution in [3.05, 3.63) is 192 Å². The molecule has 0 saturated carbocycles. The van der Waals surface area contributed by atoms with Crippen LogP contribution in [0.15, 0.2) is 162 Å². The van der Waals surface area contributed by atoms with Gasteiger partial charge in [-0.05, 0) is 99.1 Å². The summed E-state index contributed by atoms with van der Waals surface area (Å²) in [5.41, 5.74) is 16.3. The van der Waals surface area contributed by atoms with Gasteiger partial charge in [0.15, 0.2) is 0 Å². The van der Waals surface area contributed by atoms with Crippen molar-refractivity contribution in [1.82, 2.24) is 14.5 Å². The smallest absolute Gasteiger partial charge is 0.121 e. The predicted octanol–water partition coefficient (Wildman–Crippen LogP) is 16.7. The molecular formula is C62H61IrN3OSi-2. The first-order valence-corrected chi connectivity index (χ1v) is 26.9. The molecule has 4 nitrogen and oxygen atoms in total. The summed E-state index contributed by atoms with van der Waals surface area (Å²) >= 11 is 0. The van der Waals surface area contributed by atoms with E-state index in [-0.39, 0.29) is 42.9 Å². The topological polar surface area (TPSA) is 43.9 Å². The second-order valence-electron chi connectivity index (χ2n) is 20.3. The summed E-state index contributed by atoms with van der Waals surface area (Å²) < 4.78 is 31.2. The van der Waals surface area contributed by atoms with Gasteiger partial charge in [-0.3, -0.25) is 4.98 Å². The Bertz CT molecular complexity index is 3460. The molecule has 0 saturated heterocycles. The van der Waals surface area contributed by atoms with Crippen molar-refractivity contribution < 1.29 is 28.6 Å². The normalized spacial score (nSPS) is 12.7. The van der Waals surface area contributed by atoms with Crippen molar-refractivity contribution in [2.75, 3.05) is 0 Å². The first-order chi connectivity index (χ1) is 33.3. The molecule has 3 heterocycles. The van der Waals surface area contributed by atoms with Crippen molar-refractivity contribution in [1.29, 1.82) is 0 Å². The number of rotatable bonds is 8. The van der Waals surface area contributed by atoms with Crippen molar-refractivity contribution in [3.8, 4) is 50.6 Å². The molecule has 0 aliphatic heterocycles. The molecule has 3 aromatic heterocycles. The molecule has 10 rings (SSSR count). The zero-order valence-corrected chi connectivity index (χ0v) is 44.1. The number of nitrogens with zero attached hydrogens (tertiary/aromatic N) is 3. The van der Waals surface area contributed by atoms with E-state index in [4.69, 9.17) is 13.5 Å². The van der Waals surface area contributed by atoms with E-state index < -0.39 is 14.9 Å².